The van der Waals surface area contributed by atoms with Crippen molar-refractivity contribution in [2.45, 2.75) is 25.0 Å². The molecule has 0 bridgehead atoms. The second-order valence-electron chi connectivity index (χ2n) is 6.81. The molecule has 0 aromatic rings. The molecule has 5 aliphatic rings. The Morgan fingerprint density at radius 1 is 0.812 bits per heavy atom. The molecule has 2 nitrogen and oxygen atoms in total. The van der Waals surface area contributed by atoms with Crippen LogP contribution in [0.2, 0.25) is 0 Å². The lowest BCUT2D eigenvalue weighted by molar-refractivity contribution is -0.00729. The molecule has 2 N–H and O–H groups in total. The van der Waals surface area contributed by atoms with Crippen LogP contribution in [0, 0.1) is 47.3 Å². The van der Waals surface area contributed by atoms with Crippen LogP contribution in [0.1, 0.15) is 12.8 Å². The highest BCUT2D eigenvalue weighted by Crippen LogP contribution is 2.72. The van der Waals surface area contributed by atoms with E-state index in [-0.39, 0.29) is 0 Å². The molecule has 5 rings (SSSR count). The third-order valence-electron chi connectivity index (χ3n) is 6.67. The maximum Gasteiger partial charge on any atom is 0.0838 e. The zero-order valence-electron chi connectivity index (χ0n) is 9.24. The molecule has 0 aromatic heterocycles. The molecular weight excluding hydrogens is 200 g/mol. The predicted molar refractivity (Wildman–Crippen MR) is 58.3 cm³/mol. The summed E-state index contributed by atoms with van der Waals surface area (Å²) in [6.07, 6.45) is 6.48. The number of rotatable bonds is 0. The van der Waals surface area contributed by atoms with Crippen molar-refractivity contribution in [1.82, 2.24) is 0 Å². The van der Waals surface area contributed by atoms with Gasteiger partial charge in [0.05, 0.1) is 12.2 Å². The van der Waals surface area contributed by atoms with Gasteiger partial charge in [0.25, 0.3) is 0 Å². The minimum atomic E-state index is -0.435. The van der Waals surface area contributed by atoms with Gasteiger partial charge in [-0.15, -0.1) is 0 Å². The molecule has 0 aliphatic heterocycles. The first-order valence-electron chi connectivity index (χ1n) is 6.82. The molecule has 0 heterocycles. The summed E-state index contributed by atoms with van der Waals surface area (Å²) in [5, 5.41) is 20.4. The van der Waals surface area contributed by atoms with Gasteiger partial charge in [-0.2, -0.15) is 0 Å². The summed E-state index contributed by atoms with van der Waals surface area (Å²) in [7, 11) is 0. The predicted octanol–water partition coefficient (Wildman–Crippen LogP) is 1.04. The Kier molecular flexibility index (Phi) is 1.31. The highest BCUT2D eigenvalue weighted by atomic mass is 16.3. The van der Waals surface area contributed by atoms with E-state index in [0.717, 1.165) is 23.7 Å². The van der Waals surface area contributed by atoms with Gasteiger partial charge in [-0.3, -0.25) is 0 Å². The third kappa shape index (κ3) is 0.682. The Morgan fingerprint density at radius 3 is 2.56 bits per heavy atom. The van der Waals surface area contributed by atoms with Gasteiger partial charge in [0.2, 0.25) is 0 Å². The molecule has 4 saturated carbocycles. The maximum absolute atomic E-state index is 10.3. The molecule has 0 spiro atoms. The number of hydrogen-bond donors (Lipinski definition) is 2. The summed E-state index contributed by atoms with van der Waals surface area (Å²) in [5.41, 5.74) is 0. The minimum Gasteiger partial charge on any atom is -0.390 e. The van der Waals surface area contributed by atoms with Crippen LogP contribution in [0.5, 0.6) is 0 Å². The fourth-order valence-corrected chi connectivity index (χ4v) is 6.52. The fraction of sp³-hybridized carbons (Fsp3) is 0.857. The summed E-state index contributed by atoms with van der Waals surface area (Å²) in [6.45, 7) is 0. The standard InChI is InChI=1S/C14H18O2/c15-13-8-4-6-3-5-1-2-7-9(5)10(6)11(8)12(7)14(13)16/h1-2,5-16H,3-4H2/t5?,6?,7?,8?,9?,10?,11?,12?,13-,14?/m1/s1. The molecule has 10 atom stereocenters. The van der Waals surface area contributed by atoms with Crippen molar-refractivity contribution in [3.05, 3.63) is 12.2 Å². The Bertz CT molecular complexity index is 390. The summed E-state index contributed by atoms with van der Waals surface area (Å²) in [4.78, 5) is 0. The highest BCUT2D eigenvalue weighted by Gasteiger charge is 2.71. The van der Waals surface area contributed by atoms with Crippen molar-refractivity contribution in [1.29, 1.82) is 0 Å². The van der Waals surface area contributed by atoms with E-state index in [1.54, 1.807) is 0 Å². The average Bonchev–Trinajstić information content (AvgIpc) is 2.95. The Morgan fingerprint density at radius 2 is 1.69 bits per heavy atom. The molecular formula is C14H18O2. The van der Waals surface area contributed by atoms with E-state index in [2.05, 4.69) is 12.2 Å². The minimum absolute atomic E-state index is 0.390. The Hall–Kier alpha value is -0.340. The largest absolute Gasteiger partial charge is 0.390 e. The van der Waals surface area contributed by atoms with Crippen molar-refractivity contribution in [2.75, 3.05) is 0 Å². The lowest BCUT2D eigenvalue weighted by atomic mass is 9.86. The topological polar surface area (TPSA) is 40.5 Å². The monoisotopic (exact) mass is 218 g/mol. The number of aliphatic hydroxyl groups is 2. The molecule has 0 radical (unpaired) electrons. The van der Waals surface area contributed by atoms with Gasteiger partial charge < -0.3 is 10.2 Å². The molecule has 86 valence electrons. The number of allylic oxidation sites excluding steroid dienone is 2. The van der Waals surface area contributed by atoms with E-state index >= 15 is 0 Å². The molecule has 0 amide bonds. The number of aliphatic hydroxyl groups excluding tert-OH is 2. The van der Waals surface area contributed by atoms with Gasteiger partial charge in [0.1, 0.15) is 0 Å². The smallest absolute Gasteiger partial charge is 0.0838 e. The fourth-order valence-electron chi connectivity index (χ4n) is 6.52. The zero-order valence-corrected chi connectivity index (χ0v) is 9.24. The molecule has 0 aromatic carbocycles. The van der Waals surface area contributed by atoms with E-state index in [1.165, 1.54) is 12.8 Å². The van der Waals surface area contributed by atoms with Crippen molar-refractivity contribution >= 4 is 0 Å². The second kappa shape index (κ2) is 2.41. The van der Waals surface area contributed by atoms with Crippen molar-refractivity contribution < 1.29 is 10.2 Å². The maximum atomic E-state index is 10.3. The van der Waals surface area contributed by atoms with Crippen molar-refractivity contribution in [3.63, 3.8) is 0 Å². The van der Waals surface area contributed by atoms with Gasteiger partial charge in [-0.25, -0.2) is 0 Å². The molecule has 16 heavy (non-hydrogen) atoms. The van der Waals surface area contributed by atoms with Crippen molar-refractivity contribution in [2.24, 2.45) is 47.3 Å². The molecule has 4 fully saturated rings. The van der Waals surface area contributed by atoms with E-state index in [9.17, 15) is 10.2 Å². The van der Waals surface area contributed by atoms with Crippen LogP contribution in [0.3, 0.4) is 0 Å². The number of fused-ring (bicyclic) bond motifs is 1. The van der Waals surface area contributed by atoms with Gasteiger partial charge in [0, 0.05) is 0 Å². The quantitative estimate of drug-likeness (QED) is 0.596. The highest BCUT2D eigenvalue weighted by molar-refractivity contribution is 5.26. The third-order valence-corrected chi connectivity index (χ3v) is 6.67. The Balaban J connectivity index is 1.70. The average molecular weight is 218 g/mol. The van der Waals surface area contributed by atoms with Crippen LogP contribution in [-0.2, 0) is 0 Å². The van der Waals surface area contributed by atoms with Gasteiger partial charge in [-0.05, 0) is 60.2 Å². The molecule has 2 heteroatoms. The van der Waals surface area contributed by atoms with Crippen LogP contribution in [0.15, 0.2) is 12.2 Å². The van der Waals surface area contributed by atoms with Crippen LogP contribution >= 0.6 is 0 Å². The normalized spacial score (nSPS) is 72.9. The zero-order chi connectivity index (χ0) is 10.6. The number of hydrogen-bond acceptors (Lipinski definition) is 2. The molecule has 5 aliphatic carbocycles. The first-order valence-corrected chi connectivity index (χ1v) is 6.82. The lowest BCUT2D eigenvalue weighted by Crippen LogP contribution is -2.31. The van der Waals surface area contributed by atoms with Crippen LogP contribution in [-0.4, -0.2) is 22.4 Å². The molecule has 0 saturated heterocycles. The summed E-state index contributed by atoms with van der Waals surface area (Å²) in [5.74, 6) is 5.43. The van der Waals surface area contributed by atoms with Crippen LogP contribution in [0.25, 0.3) is 0 Å². The summed E-state index contributed by atoms with van der Waals surface area (Å²) in [6, 6.07) is 0. The van der Waals surface area contributed by atoms with Crippen molar-refractivity contribution in [3.8, 4) is 0 Å². The molecule has 9 unspecified atom stereocenters. The van der Waals surface area contributed by atoms with Gasteiger partial charge in [0.15, 0.2) is 0 Å². The first-order chi connectivity index (χ1) is 7.77. The van der Waals surface area contributed by atoms with E-state index < -0.39 is 12.2 Å². The summed E-state index contributed by atoms with van der Waals surface area (Å²) >= 11 is 0. The van der Waals surface area contributed by atoms with Crippen LogP contribution in [0.4, 0.5) is 0 Å². The van der Waals surface area contributed by atoms with Gasteiger partial charge >= 0.3 is 0 Å². The SMILES string of the molecule is OC1C2C3C=CC4CC5CC(C2C5C43)[C@H]1O. The van der Waals surface area contributed by atoms with Crippen LogP contribution < -0.4 is 0 Å². The first kappa shape index (κ1) is 8.71. The summed E-state index contributed by atoms with van der Waals surface area (Å²) < 4.78 is 0. The van der Waals surface area contributed by atoms with E-state index in [4.69, 9.17) is 0 Å². The van der Waals surface area contributed by atoms with Gasteiger partial charge in [-0.1, -0.05) is 12.2 Å². The van der Waals surface area contributed by atoms with E-state index in [0.29, 0.717) is 23.7 Å². The van der Waals surface area contributed by atoms with E-state index in [1.807, 2.05) is 0 Å². The lowest BCUT2D eigenvalue weighted by Gasteiger charge is -2.23. The second-order valence-corrected chi connectivity index (χ2v) is 6.81. The Labute approximate surface area is 95.4 Å².